The number of hydrogen-bond donors (Lipinski definition) is 1. The van der Waals surface area contributed by atoms with Gasteiger partial charge in [-0.3, -0.25) is 9.35 Å². The largest absolute Gasteiger partial charge is 0.522 e. The van der Waals surface area contributed by atoms with Gasteiger partial charge in [-0.15, -0.1) is 0 Å². The van der Waals surface area contributed by atoms with E-state index < -0.39 is 15.6 Å². The molecule has 0 amide bonds. The van der Waals surface area contributed by atoms with Gasteiger partial charge in [0.15, 0.2) is 0 Å². The van der Waals surface area contributed by atoms with Crippen molar-refractivity contribution in [2.75, 3.05) is 6.61 Å². The molecule has 0 bridgehead atoms. The monoisotopic (exact) mass is 250 g/mol. The van der Waals surface area contributed by atoms with Gasteiger partial charge < -0.3 is 4.74 Å². The lowest BCUT2D eigenvalue weighted by atomic mass is 10.2. The Balaban J connectivity index is 0.000000262. The second-order valence-corrected chi connectivity index (χ2v) is 4.01. The highest BCUT2D eigenvalue weighted by Gasteiger charge is 2.44. The third-order valence-corrected chi connectivity index (χ3v) is 1.92. The molecule has 1 N–H and O–H groups in total. The number of carbonyl (C=O) groups is 1. The van der Waals surface area contributed by atoms with Crippen molar-refractivity contribution in [2.24, 2.45) is 0 Å². The number of hydrogen-bond acceptors (Lipinski definition) is 4. The highest BCUT2D eigenvalue weighted by molar-refractivity contribution is 7.86. The molecule has 5 nitrogen and oxygen atoms in total. The van der Waals surface area contributed by atoms with Crippen molar-refractivity contribution >= 4 is 16.1 Å². The van der Waals surface area contributed by atoms with Crippen LogP contribution in [0.3, 0.4) is 0 Å². The summed E-state index contributed by atoms with van der Waals surface area (Å²) in [7, 11) is -5.84. The number of carbonyl (C=O) groups excluding carboxylic acids is 1. The number of rotatable bonds is 0. The predicted octanol–water partition coefficient (Wildman–Crippen LogP) is 1.11. The molecule has 90 valence electrons. The maximum Gasteiger partial charge on any atom is 0.522 e. The maximum absolute atomic E-state index is 10.7. The minimum Gasteiger partial charge on any atom is -0.466 e. The summed E-state index contributed by atoms with van der Waals surface area (Å²) in [5.74, 6) is -0.0359. The molecule has 1 saturated heterocycles. The van der Waals surface area contributed by atoms with Gasteiger partial charge in [-0.1, -0.05) is 0 Å². The zero-order chi connectivity index (χ0) is 12.1. The van der Waals surface area contributed by atoms with Gasteiger partial charge in [0.05, 0.1) is 6.61 Å². The number of alkyl halides is 3. The Kier molecular flexibility index (Phi) is 5.01. The lowest BCUT2D eigenvalue weighted by Crippen LogP contribution is -2.21. The van der Waals surface area contributed by atoms with Crippen LogP contribution in [0, 0.1) is 0 Å². The topological polar surface area (TPSA) is 80.7 Å². The van der Waals surface area contributed by atoms with Gasteiger partial charge in [-0.2, -0.15) is 21.6 Å². The number of esters is 1. The van der Waals surface area contributed by atoms with Crippen LogP contribution in [-0.4, -0.2) is 31.1 Å². The Bertz CT molecular complexity index is 299. The van der Waals surface area contributed by atoms with Crippen LogP contribution in [0.25, 0.3) is 0 Å². The van der Waals surface area contributed by atoms with Gasteiger partial charge in [0.1, 0.15) is 0 Å². The average Bonchev–Trinajstić information content (AvgIpc) is 2.02. The summed E-state index contributed by atoms with van der Waals surface area (Å²) in [6, 6.07) is 0. The Morgan fingerprint density at radius 1 is 1.27 bits per heavy atom. The molecule has 15 heavy (non-hydrogen) atoms. The molecule has 1 aliphatic rings. The van der Waals surface area contributed by atoms with Crippen LogP contribution in [0.15, 0.2) is 0 Å². The highest BCUT2D eigenvalue weighted by Crippen LogP contribution is 2.20. The number of halogens is 3. The molecule has 1 aliphatic heterocycles. The Morgan fingerprint density at radius 2 is 1.73 bits per heavy atom. The van der Waals surface area contributed by atoms with Crippen LogP contribution in [0.4, 0.5) is 13.2 Å². The molecule has 9 heteroatoms. The van der Waals surface area contributed by atoms with E-state index in [-0.39, 0.29) is 5.97 Å². The van der Waals surface area contributed by atoms with Crippen LogP contribution in [0.1, 0.15) is 19.3 Å². The second-order valence-electron chi connectivity index (χ2n) is 2.60. The molecule has 0 radical (unpaired) electrons. The first-order valence-corrected chi connectivity index (χ1v) is 5.28. The zero-order valence-corrected chi connectivity index (χ0v) is 8.27. The number of ether oxygens (including phenoxy) is 1. The van der Waals surface area contributed by atoms with Gasteiger partial charge >= 0.3 is 21.6 Å². The van der Waals surface area contributed by atoms with E-state index in [0.717, 1.165) is 12.8 Å². The minimum atomic E-state index is -5.84. The molecule has 0 aliphatic carbocycles. The van der Waals surface area contributed by atoms with Crippen LogP contribution in [-0.2, 0) is 19.6 Å². The van der Waals surface area contributed by atoms with E-state index in [2.05, 4.69) is 4.74 Å². The van der Waals surface area contributed by atoms with E-state index in [1.54, 1.807) is 0 Å². The average molecular weight is 250 g/mol. The molecule has 0 saturated carbocycles. The highest BCUT2D eigenvalue weighted by atomic mass is 32.2. The molecule has 1 rings (SSSR count). The molecule has 0 atom stereocenters. The summed E-state index contributed by atoms with van der Waals surface area (Å²) >= 11 is 0. The third-order valence-electron chi connectivity index (χ3n) is 1.33. The van der Waals surface area contributed by atoms with Gasteiger partial charge in [0.2, 0.25) is 0 Å². The first kappa shape index (κ1) is 14.2. The van der Waals surface area contributed by atoms with Gasteiger partial charge in [-0.05, 0) is 12.8 Å². The molecule has 0 spiro atoms. The first-order valence-electron chi connectivity index (χ1n) is 3.84. The molecule has 1 fully saturated rings. The minimum absolute atomic E-state index is 0.0359. The lowest BCUT2D eigenvalue weighted by molar-refractivity contribution is -0.146. The van der Waals surface area contributed by atoms with E-state index in [9.17, 15) is 18.0 Å². The standard InChI is InChI=1S/C5H8O2.CHF3O3S/c6-5-3-1-2-4-7-5;2-1(3,4)8(5,6)7/h1-4H2;(H,5,6,7). The summed E-state index contributed by atoms with van der Waals surface area (Å²) in [4.78, 5) is 10.2. The maximum atomic E-state index is 10.7. The van der Waals surface area contributed by atoms with Gasteiger partial charge in [-0.25, -0.2) is 0 Å². The van der Waals surface area contributed by atoms with E-state index in [1.807, 2.05) is 0 Å². The molecular weight excluding hydrogens is 241 g/mol. The Morgan fingerprint density at radius 3 is 1.87 bits per heavy atom. The van der Waals surface area contributed by atoms with Crippen molar-refractivity contribution in [3.8, 4) is 0 Å². The van der Waals surface area contributed by atoms with E-state index in [0.29, 0.717) is 13.0 Å². The van der Waals surface area contributed by atoms with Crippen LogP contribution in [0.5, 0.6) is 0 Å². The quantitative estimate of drug-likeness (QED) is 0.395. The fourth-order valence-corrected chi connectivity index (χ4v) is 0.630. The SMILES string of the molecule is O=C1CCCCO1.O=S(=O)(O)C(F)(F)F. The third kappa shape index (κ3) is 6.28. The Hall–Kier alpha value is -0.830. The van der Waals surface area contributed by atoms with Crippen molar-refractivity contribution in [3.63, 3.8) is 0 Å². The summed E-state index contributed by atoms with van der Waals surface area (Å²) in [5.41, 5.74) is -5.53. The summed E-state index contributed by atoms with van der Waals surface area (Å²) < 4.78 is 62.2. The molecule has 1 heterocycles. The van der Waals surface area contributed by atoms with Crippen LogP contribution < -0.4 is 0 Å². The molecule has 0 aromatic carbocycles. The summed E-state index contributed by atoms with van der Waals surface area (Å²) in [6.45, 7) is 0.638. The number of cyclic esters (lactones) is 1. The zero-order valence-electron chi connectivity index (χ0n) is 7.45. The first-order chi connectivity index (χ1) is 6.64. The van der Waals surface area contributed by atoms with Crippen molar-refractivity contribution in [1.82, 2.24) is 0 Å². The normalized spacial score (nSPS) is 17.5. The molecule has 0 aromatic rings. The van der Waals surface area contributed by atoms with Crippen molar-refractivity contribution in [1.29, 1.82) is 0 Å². The second kappa shape index (κ2) is 5.31. The molecule has 0 aromatic heterocycles. The van der Waals surface area contributed by atoms with E-state index in [1.165, 1.54) is 0 Å². The predicted molar refractivity (Wildman–Crippen MR) is 42.4 cm³/mol. The van der Waals surface area contributed by atoms with E-state index in [4.69, 9.17) is 13.0 Å². The Labute approximate surface area is 84.0 Å². The van der Waals surface area contributed by atoms with Crippen LogP contribution >= 0.6 is 0 Å². The molecule has 0 unspecified atom stereocenters. The summed E-state index contributed by atoms with van der Waals surface area (Å²) in [5, 5.41) is 0. The van der Waals surface area contributed by atoms with Crippen molar-refractivity contribution in [2.45, 2.75) is 24.8 Å². The fraction of sp³-hybridized carbons (Fsp3) is 0.833. The van der Waals surface area contributed by atoms with Crippen molar-refractivity contribution < 1.29 is 35.7 Å². The van der Waals surface area contributed by atoms with Crippen LogP contribution in [0.2, 0.25) is 0 Å². The lowest BCUT2D eigenvalue weighted by Gasteiger charge is -2.08. The van der Waals surface area contributed by atoms with Crippen molar-refractivity contribution in [3.05, 3.63) is 0 Å². The van der Waals surface area contributed by atoms with E-state index >= 15 is 0 Å². The molecular formula is C6H9F3O5S. The summed E-state index contributed by atoms with van der Waals surface area (Å²) in [6.07, 6.45) is 2.69. The van der Waals surface area contributed by atoms with Gasteiger partial charge in [0, 0.05) is 6.42 Å². The fourth-order valence-electron chi connectivity index (χ4n) is 0.630. The smallest absolute Gasteiger partial charge is 0.466 e. The van der Waals surface area contributed by atoms with Gasteiger partial charge in [0.25, 0.3) is 0 Å².